The predicted molar refractivity (Wildman–Crippen MR) is 122 cm³/mol. The smallest absolute Gasteiger partial charge is 0.410 e. The van der Waals surface area contributed by atoms with Gasteiger partial charge in [-0.2, -0.15) is 0 Å². The first-order valence-corrected chi connectivity index (χ1v) is 11.4. The molecule has 34 heavy (non-hydrogen) atoms. The first-order valence-electron chi connectivity index (χ1n) is 11.4. The highest BCUT2D eigenvalue weighted by Crippen LogP contribution is 2.46. The van der Waals surface area contributed by atoms with Crippen LogP contribution in [0.1, 0.15) is 26.2 Å². The number of nitrogens with zero attached hydrogens (tertiary/aromatic N) is 3. The molecule has 186 valence electrons. The zero-order chi connectivity index (χ0) is 25.2. The van der Waals surface area contributed by atoms with Crippen LogP contribution < -0.4 is 0 Å². The minimum atomic E-state index is -0.831. The number of esters is 1. The Kier molecular flexibility index (Phi) is 7.81. The molecule has 0 aromatic heterocycles. The minimum Gasteiger partial charge on any atom is -0.457 e. The molecule has 0 saturated carbocycles. The molecule has 10 nitrogen and oxygen atoms in total. The second-order valence-corrected chi connectivity index (χ2v) is 9.16. The summed E-state index contributed by atoms with van der Waals surface area (Å²) >= 11 is 0. The van der Waals surface area contributed by atoms with E-state index in [-0.39, 0.29) is 49.2 Å². The van der Waals surface area contributed by atoms with Crippen molar-refractivity contribution in [2.45, 2.75) is 44.4 Å². The lowest BCUT2D eigenvalue weighted by Gasteiger charge is -2.44. The van der Waals surface area contributed by atoms with Crippen molar-refractivity contribution in [2.24, 2.45) is 11.8 Å². The Morgan fingerprint density at radius 1 is 1.21 bits per heavy atom. The molecule has 1 N–H and O–H groups in total. The second kappa shape index (κ2) is 10.4. The summed E-state index contributed by atoms with van der Waals surface area (Å²) < 4.78 is 10.4. The average Bonchev–Trinajstić information content (AvgIpc) is 3.34. The fraction of sp³-hybridized carbons (Fsp3) is 0.583. The van der Waals surface area contributed by atoms with Gasteiger partial charge >= 0.3 is 12.1 Å². The number of amides is 3. The standard InChI is InChI=1S/C24H33N3O7/c1-6-8-33-23(31)20-16(12-17-19(14(3)28)22(30)27(17)20)10-15-11-18(21(29)25(4)5)26(13-15)24(32)34-9-7-2/h6-7,14-15,17-19,28H,1-2,8-13H2,3-5H3/t14-,15-,17-,18+,19-/m1/s1. The van der Waals surface area contributed by atoms with E-state index in [0.29, 0.717) is 19.3 Å². The largest absolute Gasteiger partial charge is 0.457 e. The average molecular weight is 476 g/mol. The number of rotatable bonds is 9. The van der Waals surface area contributed by atoms with E-state index < -0.39 is 30.1 Å². The van der Waals surface area contributed by atoms with Crippen LogP contribution in [-0.2, 0) is 23.9 Å². The number of likely N-dealkylation sites (N-methyl/N-ethyl adjacent to an activating group) is 1. The molecular weight excluding hydrogens is 442 g/mol. The number of β-lactam (4-membered cyclic amide) rings is 1. The summed E-state index contributed by atoms with van der Waals surface area (Å²) in [5.74, 6) is -1.83. The molecule has 0 aromatic carbocycles. The molecule has 0 aliphatic carbocycles. The summed E-state index contributed by atoms with van der Waals surface area (Å²) in [7, 11) is 3.26. The van der Waals surface area contributed by atoms with Crippen LogP contribution in [0.4, 0.5) is 4.79 Å². The maximum atomic E-state index is 12.8. The van der Waals surface area contributed by atoms with Gasteiger partial charge in [-0.25, -0.2) is 9.59 Å². The highest BCUT2D eigenvalue weighted by atomic mass is 16.6. The molecule has 3 rings (SSSR count). The number of fused-ring (bicyclic) bond motifs is 1. The number of hydrogen-bond acceptors (Lipinski definition) is 7. The van der Waals surface area contributed by atoms with Crippen molar-refractivity contribution in [2.75, 3.05) is 33.9 Å². The van der Waals surface area contributed by atoms with Gasteiger partial charge in [-0.3, -0.25) is 14.5 Å². The first kappa shape index (κ1) is 25.5. The van der Waals surface area contributed by atoms with Crippen molar-refractivity contribution < 1.29 is 33.8 Å². The van der Waals surface area contributed by atoms with Crippen LogP contribution in [0.15, 0.2) is 36.6 Å². The SMILES string of the molecule is C=CCOC(=O)C1=C(C[C@@H]2C[C@@H](C(=O)N(C)C)N(C(=O)OCC=C)C2)C[C@@H]2[C@@H]([C@@H](C)O)C(=O)N12. The number of likely N-dealkylation sites (tertiary alicyclic amines) is 1. The van der Waals surface area contributed by atoms with E-state index in [1.165, 1.54) is 26.9 Å². The third-order valence-electron chi connectivity index (χ3n) is 6.55. The molecular formula is C24H33N3O7. The first-order chi connectivity index (χ1) is 16.1. The quantitative estimate of drug-likeness (QED) is 0.301. The van der Waals surface area contributed by atoms with Crippen molar-refractivity contribution >= 4 is 23.9 Å². The summed E-state index contributed by atoms with van der Waals surface area (Å²) in [6.45, 7) is 8.97. The minimum absolute atomic E-state index is 0.00784. The van der Waals surface area contributed by atoms with Gasteiger partial charge in [-0.05, 0) is 37.7 Å². The Bertz CT molecular complexity index is 910. The van der Waals surface area contributed by atoms with Crippen LogP contribution in [-0.4, -0.2) is 95.7 Å². The van der Waals surface area contributed by atoms with Crippen molar-refractivity contribution in [3.05, 3.63) is 36.6 Å². The van der Waals surface area contributed by atoms with Gasteiger partial charge in [0.2, 0.25) is 11.8 Å². The number of carbonyl (C=O) groups is 4. The Labute approximate surface area is 199 Å². The molecule has 0 radical (unpaired) electrons. The summed E-state index contributed by atoms with van der Waals surface area (Å²) in [6.07, 6.45) is 2.72. The van der Waals surface area contributed by atoms with Crippen LogP contribution >= 0.6 is 0 Å². The van der Waals surface area contributed by atoms with Crippen LogP contribution in [0.25, 0.3) is 0 Å². The van der Waals surface area contributed by atoms with Crippen LogP contribution in [0.3, 0.4) is 0 Å². The number of aliphatic hydroxyl groups is 1. The van der Waals surface area contributed by atoms with E-state index in [1.54, 1.807) is 21.0 Å². The summed E-state index contributed by atoms with van der Waals surface area (Å²) in [5, 5.41) is 10.0. The molecule has 3 aliphatic rings. The number of ether oxygens (including phenoxy) is 2. The lowest BCUT2D eigenvalue weighted by atomic mass is 9.82. The third-order valence-corrected chi connectivity index (χ3v) is 6.55. The summed E-state index contributed by atoms with van der Waals surface area (Å²) in [6, 6.07) is -0.984. The van der Waals surface area contributed by atoms with Crippen LogP contribution in [0, 0.1) is 11.8 Å². The number of aliphatic hydroxyl groups excluding tert-OH is 1. The Hall–Kier alpha value is -3.14. The van der Waals surface area contributed by atoms with Gasteiger partial charge in [0.1, 0.15) is 25.0 Å². The monoisotopic (exact) mass is 475 g/mol. The molecule has 2 saturated heterocycles. The van der Waals surface area contributed by atoms with Gasteiger partial charge in [0.25, 0.3) is 0 Å². The molecule has 3 amide bonds. The molecule has 0 bridgehead atoms. The third kappa shape index (κ3) is 4.72. The Morgan fingerprint density at radius 2 is 1.85 bits per heavy atom. The van der Waals surface area contributed by atoms with E-state index in [1.807, 2.05) is 0 Å². The summed E-state index contributed by atoms with van der Waals surface area (Å²) in [5.41, 5.74) is 0.940. The van der Waals surface area contributed by atoms with Crippen LogP contribution in [0.5, 0.6) is 0 Å². The van der Waals surface area contributed by atoms with E-state index in [9.17, 15) is 24.3 Å². The molecule has 3 heterocycles. The van der Waals surface area contributed by atoms with E-state index in [2.05, 4.69) is 13.2 Å². The van der Waals surface area contributed by atoms with E-state index in [4.69, 9.17) is 9.47 Å². The van der Waals surface area contributed by atoms with Crippen molar-refractivity contribution in [3.8, 4) is 0 Å². The highest BCUT2D eigenvalue weighted by Gasteiger charge is 2.57. The number of hydrogen-bond donors (Lipinski definition) is 1. The van der Waals surface area contributed by atoms with Crippen molar-refractivity contribution in [1.29, 1.82) is 0 Å². The van der Waals surface area contributed by atoms with Gasteiger partial charge in [-0.1, -0.05) is 25.3 Å². The van der Waals surface area contributed by atoms with E-state index >= 15 is 0 Å². The zero-order valence-corrected chi connectivity index (χ0v) is 19.9. The molecule has 5 atom stereocenters. The lowest BCUT2D eigenvalue weighted by Crippen LogP contribution is -2.61. The van der Waals surface area contributed by atoms with Gasteiger partial charge < -0.3 is 24.4 Å². The molecule has 3 aliphatic heterocycles. The lowest BCUT2D eigenvalue weighted by molar-refractivity contribution is -0.162. The molecule has 0 aromatic rings. The van der Waals surface area contributed by atoms with Crippen molar-refractivity contribution in [1.82, 2.24) is 14.7 Å². The number of carbonyl (C=O) groups excluding carboxylic acids is 4. The van der Waals surface area contributed by atoms with Crippen molar-refractivity contribution in [3.63, 3.8) is 0 Å². The fourth-order valence-corrected chi connectivity index (χ4v) is 5.10. The maximum Gasteiger partial charge on any atom is 0.410 e. The van der Waals surface area contributed by atoms with Crippen LogP contribution in [0.2, 0.25) is 0 Å². The topological polar surface area (TPSA) is 117 Å². The normalized spacial score (nSPS) is 26.5. The highest BCUT2D eigenvalue weighted by molar-refractivity contribution is 6.00. The van der Waals surface area contributed by atoms with Gasteiger partial charge in [0.05, 0.1) is 18.1 Å². The maximum absolute atomic E-state index is 12.8. The Morgan fingerprint density at radius 3 is 2.44 bits per heavy atom. The van der Waals surface area contributed by atoms with Gasteiger partial charge in [-0.15, -0.1) is 0 Å². The predicted octanol–water partition coefficient (Wildman–Crippen LogP) is 1.07. The van der Waals surface area contributed by atoms with Gasteiger partial charge in [0, 0.05) is 20.6 Å². The molecule has 10 heteroatoms. The Balaban J connectivity index is 1.84. The molecule has 2 fully saturated rings. The van der Waals surface area contributed by atoms with Gasteiger partial charge in [0.15, 0.2) is 0 Å². The van der Waals surface area contributed by atoms with E-state index in [0.717, 1.165) is 5.57 Å². The second-order valence-electron chi connectivity index (χ2n) is 9.16. The molecule has 0 unspecified atom stereocenters. The molecule has 0 spiro atoms. The summed E-state index contributed by atoms with van der Waals surface area (Å²) in [4.78, 5) is 55.1. The fourth-order valence-electron chi connectivity index (χ4n) is 5.10. The zero-order valence-electron chi connectivity index (χ0n) is 19.9.